The van der Waals surface area contributed by atoms with E-state index >= 15 is 0 Å². The van der Waals surface area contributed by atoms with E-state index < -0.39 is 11.8 Å². The Morgan fingerprint density at radius 3 is 2.93 bits per heavy atom. The van der Waals surface area contributed by atoms with Crippen LogP contribution in [0, 0.1) is 5.92 Å². The summed E-state index contributed by atoms with van der Waals surface area (Å²) in [6.45, 7) is 2.63. The van der Waals surface area contributed by atoms with Gasteiger partial charge in [0.1, 0.15) is 5.69 Å². The normalized spacial score (nSPS) is 20.6. The number of anilines is 1. The van der Waals surface area contributed by atoms with Gasteiger partial charge in [0.15, 0.2) is 5.15 Å². The summed E-state index contributed by atoms with van der Waals surface area (Å²) in [5.41, 5.74) is 1.09. The van der Waals surface area contributed by atoms with E-state index in [4.69, 9.17) is 11.6 Å². The molecule has 1 aliphatic carbocycles. The first kappa shape index (κ1) is 20.2. The molecule has 1 amide bonds. The molecule has 148 valence electrons. The van der Waals surface area contributed by atoms with Gasteiger partial charge in [-0.2, -0.15) is 16.9 Å². The minimum absolute atomic E-state index is 0.0423. The highest BCUT2D eigenvalue weighted by Crippen LogP contribution is 2.50. The van der Waals surface area contributed by atoms with Crippen molar-refractivity contribution >= 4 is 40.7 Å². The highest BCUT2D eigenvalue weighted by atomic mass is 35.5. The van der Waals surface area contributed by atoms with Crippen LogP contribution in [-0.4, -0.2) is 56.5 Å². The van der Waals surface area contributed by atoms with Crippen LogP contribution in [0.4, 0.5) is 14.5 Å². The van der Waals surface area contributed by atoms with Crippen molar-refractivity contribution in [1.29, 1.82) is 0 Å². The molecule has 0 bridgehead atoms. The van der Waals surface area contributed by atoms with Gasteiger partial charge in [0, 0.05) is 36.8 Å². The molecule has 1 saturated carbocycles. The average Bonchev–Trinajstić information content (AvgIpc) is 3.04. The molecule has 1 aliphatic heterocycles. The van der Waals surface area contributed by atoms with Gasteiger partial charge in [-0.1, -0.05) is 17.7 Å². The van der Waals surface area contributed by atoms with Crippen molar-refractivity contribution in [1.82, 2.24) is 14.8 Å². The van der Waals surface area contributed by atoms with Crippen molar-refractivity contribution in [3.63, 3.8) is 0 Å². The Kier molecular flexibility index (Phi) is 6.12. The van der Waals surface area contributed by atoms with E-state index in [1.807, 2.05) is 6.92 Å². The number of nitrogens with zero attached hydrogens (tertiary/aromatic N) is 4. The lowest BCUT2D eigenvalue weighted by Crippen LogP contribution is -2.30. The van der Waals surface area contributed by atoms with Crippen LogP contribution in [-0.2, 0) is 4.79 Å². The predicted molar refractivity (Wildman–Crippen MR) is 102 cm³/mol. The molecule has 0 aromatic carbocycles. The van der Waals surface area contributed by atoms with Crippen molar-refractivity contribution in [2.45, 2.75) is 25.7 Å². The smallest absolute Gasteiger partial charge is 0.252 e. The Balaban J connectivity index is 1.59. The molecule has 2 heterocycles. The Hall–Kier alpha value is -1.58. The lowest BCUT2D eigenvalue weighted by Gasteiger charge is -2.19. The van der Waals surface area contributed by atoms with Crippen molar-refractivity contribution in [3.8, 4) is 0 Å². The van der Waals surface area contributed by atoms with Crippen LogP contribution in [0.15, 0.2) is 24.5 Å². The molecular weight excluding hydrogens is 398 g/mol. The summed E-state index contributed by atoms with van der Waals surface area (Å²) in [5, 5.41) is 15.0. The molecule has 10 heteroatoms. The quantitative estimate of drug-likeness (QED) is 0.652. The van der Waals surface area contributed by atoms with Crippen LogP contribution in [0.2, 0.25) is 5.15 Å². The second kappa shape index (κ2) is 8.20. The van der Waals surface area contributed by atoms with Crippen LogP contribution >= 0.6 is 23.4 Å². The SMILES string of the molecule is CCN(C(=O)CCSCC1CC1(F)F)c1cn(C2=CN(O)CC=C2)nc1Cl. The molecule has 1 unspecified atom stereocenters. The molecule has 1 N–H and O–H groups in total. The Bertz CT molecular complexity index is 768. The molecule has 0 radical (unpaired) electrons. The number of thioether (sulfide) groups is 1. The standard InChI is InChI=1S/C17H21ClF2N4O2S/c1-2-23(15(25)5-7-27-11-12-8-17(12,19)20)14-10-24(21-16(14)18)13-4-3-6-22(26)9-13/h3-4,9-10,12,26H,2,5-8,11H2,1H3. The summed E-state index contributed by atoms with van der Waals surface area (Å²) in [4.78, 5) is 14.1. The van der Waals surface area contributed by atoms with Gasteiger partial charge in [-0.15, -0.1) is 0 Å². The summed E-state index contributed by atoms with van der Waals surface area (Å²) in [7, 11) is 0. The first-order valence-corrected chi connectivity index (χ1v) is 10.2. The molecule has 0 spiro atoms. The van der Waals surface area contributed by atoms with Crippen molar-refractivity contribution in [3.05, 3.63) is 29.7 Å². The summed E-state index contributed by atoms with van der Waals surface area (Å²) >= 11 is 7.60. The number of hydrogen-bond acceptors (Lipinski definition) is 5. The lowest BCUT2D eigenvalue weighted by molar-refractivity contribution is -0.118. The maximum absolute atomic E-state index is 12.9. The maximum atomic E-state index is 12.9. The number of hydrogen-bond donors (Lipinski definition) is 1. The van der Waals surface area contributed by atoms with E-state index in [2.05, 4.69) is 5.10 Å². The monoisotopic (exact) mass is 418 g/mol. The van der Waals surface area contributed by atoms with Gasteiger partial charge in [-0.3, -0.25) is 15.1 Å². The number of hydroxylamine groups is 2. The summed E-state index contributed by atoms with van der Waals surface area (Å²) < 4.78 is 27.2. The van der Waals surface area contributed by atoms with Crippen molar-refractivity contribution < 1.29 is 18.8 Å². The van der Waals surface area contributed by atoms with E-state index in [1.165, 1.54) is 27.5 Å². The van der Waals surface area contributed by atoms with E-state index in [0.717, 1.165) is 5.06 Å². The summed E-state index contributed by atoms with van der Waals surface area (Å²) in [6, 6.07) is 0. The van der Waals surface area contributed by atoms with Crippen LogP contribution in [0.5, 0.6) is 0 Å². The van der Waals surface area contributed by atoms with Gasteiger partial charge in [0.25, 0.3) is 5.92 Å². The third kappa shape index (κ3) is 4.83. The van der Waals surface area contributed by atoms with Gasteiger partial charge >= 0.3 is 0 Å². The van der Waals surface area contributed by atoms with Gasteiger partial charge < -0.3 is 4.90 Å². The fourth-order valence-electron chi connectivity index (χ4n) is 2.77. The van der Waals surface area contributed by atoms with Gasteiger partial charge in [0.05, 0.1) is 24.6 Å². The second-order valence-electron chi connectivity index (χ2n) is 6.45. The molecule has 0 saturated heterocycles. The third-order valence-electron chi connectivity index (χ3n) is 4.42. The van der Waals surface area contributed by atoms with Gasteiger partial charge in [-0.05, 0) is 13.0 Å². The number of allylic oxidation sites excluding steroid dienone is 2. The van der Waals surface area contributed by atoms with Crippen LogP contribution in [0.25, 0.3) is 5.70 Å². The molecule has 1 aromatic heterocycles. The molecular formula is C17H21ClF2N4O2S. The molecule has 2 aliphatic rings. The minimum atomic E-state index is -2.51. The molecule has 1 fully saturated rings. The maximum Gasteiger partial charge on any atom is 0.252 e. The third-order valence-corrected chi connectivity index (χ3v) is 5.82. The number of carbonyl (C=O) groups excluding carboxylic acids is 1. The highest BCUT2D eigenvalue weighted by molar-refractivity contribution is 7.99. The molecule has 1 atom stereocenters. The van der Waals surface area contributed by atoms with E-state index in [1.54, 1.807) is 18.3 Å². The molecule has 3 rings (SSSR count). The lowest BCUT2D eigenvalue weighted by atomic mass is 10.3. The van der Waals surface area contributed by atoms with E-state index in [9.17, 15) is 18.8 Å². The minimum Gasteiger partial charge on any atom is -0.308 e. The predicted octanol–water partition coefficient (Wildman–Crippen LogP) is 3.73. The summed E-state index contributed by atoms with van der Waals surface area (Å²) in [6.07, 6.45) is 6.91. The Morgan fingerprint density at radius 1 is 1.56 bits per heavy atom. The zero-order valence-corrected chi connectivity index (χ0v) is 16.4. The number of halogens is 3. The number of amides is 1. The fourth-order valence-corrected chi connectivity index (χ4v) is 4.14. The van der Waals surface area contributed by atoms with E-state index in [-0.39, 0.29) is 23.9 Å². The highest BCUT2D eigenvalue weighted by Gasteiger charge is 2.56. The summed E-state index contributed by atoms with van der Waals surface area (Å²) in [5.74, 6) is -2.33. The van der Waals surface area contributed by atoms with E-state index in [0.29, 0.717) is 36.0 Å². The second-order valence-corrected chi connectivity index (χ2v) is 7.96. The average molecular weight is 419 g/mol. The zero-order valence-electron chi connectivity index (χ0n) is 14.8. The van der Waals surface area contributed by atoms with Gasteiger partial charge in [0.2, 0.25) is 5.91 Å². The molecule has 27 heavy (non-hydrogen) atoms. The molecule has 6 nitrogen and oxygen atoms in total. The largest absolute Gasteiger partial charge is 0.308 e. The number of rotatable bonds is 8. The topological polar surface area (TPSA) is 61.6 Å². The zero-order chi connectivity index (χ0) is 19.6. The van der Waals surface area contributed by atoms with Crippen molar-refractivity contribution in [2.24, 2.45) is 5.92 Å². The van der Waals surface area contributed by atoms with Crippen LogP contribution in [0.3, 0.4) is 0 Å². The van der Waals surface area contributed by atoms with Crippen LogP contribution in [0.1, 0.15) is 19.8 Å². The first-order valence-electron chi connectivity index (χ1n) is 8.67. The number of carbonyl (C=O) groups is 1. The van der Waals surface area contributed by atoms with Gasteiger partial charge in [-0.25, -0.2) is 13.5 Å². The first-order chi connectivity index (χ1) is 12.8. The Labute approximate surface area is 165 Å². The Morgan fingerprint density at radius 2 is 2.30 bits per heavy atom. The van der Waals surface area contributed by atoms with Crippen LogP contribution < -0.4 is 4.90 Å². The fraction of sp³-hybridized carbons (Fsp3) is 0.529. The number of alkyl halides is 2. The number of aromatic nitrogens is 2. The van der Waals surface area contributed by atoms with Crippen molar-refractivity contribution in [2.75, 3.05) is 29.5 Å². The molecule has 1 aromatic rings.